The second kappa shape index (κ2) is 6.21. The Bertz CT molecular complexity index is 574. The molecule has 0 saturated carbocycles. The van der Waals surface area contributed by atoms with Gasteiger partial charge in [0.1, 0.15) is 11.5 Å². The molecule has 4 nitrogen and oxygen atoms in total. The zero-order valence-electron chi connectivity index (χ0n) is 11.4. The van der Waals surface area contributed by atoms with Gasteiger partial charge in [-0.2, -0.15) is 0 Å². The molecule has 0 aromatic heterocycles. The summed E-state index contributed by atoms with van der Waals surface area (Å²) in [6.07, 6.45) is 0.347. The van der Waals surface area contributed by atoms with Crippen LogP contribution in [0, 0.1) is 0 Å². The molecular weight excluding hydrogens is 252 g/mol. The van der Waals surface area contributed by atoms with Crippen molar-refractivity contribution >= 4 is 11.5 Å². The predicted molar refractivity (Wildman–Crippen MR) is 79.7 cm³/mol. The van der Waals surface area contributed by atoms with Gasteiger partial charge in [-0.25, -0.2) is 0 Å². The molecule has 0 spiro atoms. The maximum Gasteiger partial charge on any atom is 0.153 e. The second-order valence-electron chi connectivity index (χ2n) is 4.75. The molecule has 1 unspecified atom stereocenters. The first-order chi connectivity index (χ1) is 9.54. The SMILES string of the molecule is CC(N)C(=O)Cc1ccc(Oc2ccc(N)cc2)cc1. The number of anilines is 1. The lowest BCUT2D eigenvalue weighted by molar-refractivity contribution is -0.119. The molecule has 0 aliphatic heterocycles. The Morgan fingerprint density at radius 3 is 2.05 bits per heavy atom. The van der Waals surface area contributed by atoms with Gasteiger partial charge in [0, 0.05) is 12.1 Å². The number of hydrogen-bond acceptors (Lipinski definition) is 4. The summed E-state index contributed by atoms with van der Waals surface area (Å²) in [6.45, 7) is 1.70. The van der Waals surface area contributed by atoms with Crippen molar-refractivity contribution in [2.75, 3.05) is 5.73 Å². The summed E-state index contributed by atoms with van der Waals surface area (Å²) in [5, 5.41) is 0. The van der Waals surface area contributed by atoms with E-state index in [4.69, 9.17) is 16.2 Å². The highest BCUT2D eigenvalue weighted by molar-refractivity contribution is 5.85. The number of rotatable bonds is 5. The minimum absolute atomic E-state index is 0.0252. The molecule has 2 aromatic carbocycles. The molecule has 0 bridgehead atoms. The topological polar surface area (TPSA) is 78.3 Å². The van der Waals surface area contributed by atoms with E-state index in [1.54, 1.807) is 19.1 Å². The molecular formula is C16H18N2O2. The van der Waals surface area contributed by atoms with Crippen LogP contribution in [-0.4, -0.2) is 11.8 Å². The number of nitrogen functional groups attached to an aromatic ring is 1. The summed E-state index contributed by atoms with van der Waals surface area (Å²) in [4.78, 5) is 11.6. The van der Waals surface area contributed by atoms with Crippen molar-refractivity contribution in [3.05, 3.63) is 54.1 Å². The van der Waals surface area contributed by atoms with E-state index in [-0.39, 0.29) is 5.78 Å². The first kappa shape index (κ1) is 14.1. The molecule has 0 saturated heterocycles. The molecule has 4 N–H and O–H groups in total. The Morgan fingerprint density at radius 2 is 1.55 bits per heavy atom. The maximum atomic E-state index is 11.6. The molecule has 0 aliphatic carbocycles. The van der Waals surface area contributed by atoms with Crippen LogP contribution in [0.15, 0.2) is 48.5 Å². The summed E-state index contributed by atoms with van der Waals surface area (Å²) in [5.41, 5.74) is 12.8. The zero-order chi connectivity index (χ0) is 14.5. The van der Waals surface area contributed by atoms with Gasteiger partial charge in [-0.15, -0.1) is 0 Å². The van der Waals surface area contributed by atoms with Gasteiger partial charge < -0.3 is 16.2 Å². The van der Waals surface area contributed by atoms with E-state index in [1.165, 1.54) is 0 Å². The number of hydrogen-bond donors (Lipinski definition) is 2. The lowest BCUT2D eigenvalue weighted by Gasteiger charge is -2.08. The number of benzene rings is 2. The lowest BCUT2D eigenvalue weighted by atomic mass is 10.1. The minimum Gasteiger partial charge on any atom is -0.457 e. The summed E-state index contributed by atoms with van der Waals surface area (Å²) in [5.74, 6) is 1.46. The molecule has 1 atom stereocenters. The quantitative estimate of drug-likeness (QED) is 0.818. The van der Waals surface area contributed by atoms with E-state index < -0.39 is 6.04 Å². The Morgan fingerprint density at radius 1 is 1.05 bits per heavy atom. The Kier molecular flexibility index (Phi) is 4.38. The fourth-order valence-electron chi connectivity index (χ4n) is 1.71. The van der Waals surface area contributed by atoms with Gasteiger partial charge >= 0.3 is 0 Å². The highest BCUT2D eigenvalue weighted by Gasteiger charge is 2.08. The van der Waals surface area contributed by atoms with Crippen molar-refractivity contribution in [2.45, 2.75) is 19.4 Å². The first-order valence-corrected chi connectivity index (χ1v) is 6.45. The Hall–Kier alpha value is -2.33. The molecule has 0 radical (unpaired) electrons. The monoisotopic (exact) mass is 270 g/mol. The third-order valence-corrected chi connectivity index (χ3v) is 2.93. The van der Waals surface area contributed by atoms with E-state index in [1.807, 2.05) is 36.4 Å². The van der Waals surface area contributed by atoms with E-state index in [2.05, 4.69) is 0 Å². The van der Waals surface area contributed by atoms with E-state index in [0.717, 1.165) is 11.3 Å². The van der Waals surface area contributed by atoms with Crippen LogP contribution in [0.5, 0.6) is 11.5 Å². The lowest BCUT2D eigenvalue weighted by Crippen LogP contribution is -2.28. The Balaban J connectivity index is 2.01. The maximum absolute atomic E-state index is 11.6. The molecule has 0 amide bonds. The summed E-state index contributed by atoms with van der Waals surface area (Å²) < 4.78 is 5.68. The summed E-state index contributed by atoms with van der Waals surface area (Å²) in [7, 11) is 0. The van der Waals surface area contributed by atoms with E-state index >= 15 is 0 Å². The highest BCUT2D eigenvalue weighted by Crippen LogP contribution is 2.22. The minimum atomic E-state index is -0.430. The van der Waals surface area contributed by atoms with Crippen molar-refractivity contribution in [2.24, 2.45) is 5.73 Å². The average molecular weight is 270 g/mol. The molecule has 0 heterocycles. The van der Waals surface area contributed by atoms with Gasteiger partial charge in [-0.1, -0.05) is 12.1 Å². The zero-order valence-corrected chi connectivity index (χ0v) is 11.4. The highest BCUT2D eigenvalue weighted by atomic mass is 16.5. The van der Waals surface area contributed by atoms with Crippen LogP contribution in [0.4, 0.5) is 5.69 Å². The molecule has 2 rings (SSSR count). The molecule has 0 aliphatic rings. The third-order valence-electron chi connectivity index (χ3n) is 2.93. The van der Waals surface area contributed by atoms with Gasteiger partial charge in [0.25, 0.3) is 0 Å². The van der Waals surface area contributed by atoms with Gasteiger partial charge in [-0.3, -0.25) is 4.79 Å². The van der Waals surface area contributed by atoms with Crippen LogP contribution in [0.25, 0.3) is 0 Å². The molecule has 104 valence electrons. The van der Waals surface area contributed by atoms with Crippen molar-refractivity contribution in [1.82, 2.24) is 0 Å². The summed E-state index contributed by atoms with van der Waals surface area (Å²) >= 11 is 0. The first-order valence-electron chi connectivity index (χ1n) is 6.45. The van der Waals surface area contributed by atoms with Gasteiger partial charge in [0.05, 0.1) is 6.04 Å². The largest absolute Gasteiger partial charge is 0.457 e. The van der Waals surface area contributed by atoms with Crippen molar-refractivity contribution in [1.29, 1.82) is 0 Å². The van der Waals surface area contributed by atoms with Crippen LogP contribution >= 0.6 is 0 Å². The summed E-state index contributed by atoms with van der Waals surface area (Å²) in [6, 6.07) is 14.2. The van der Waals surface area contributed by atoms with Gasteiger partial charge in [0.15, 0.2) is 5.78 Å². The van der Waals surface area contributed by atoms with Crippen LogP contribution in [0.1, 0.15) is 12.5 Å². The van der Waals surface area contributed by atoms with Crippen molar-refractivity contribution in [3.63, 3.8) is 0 Å². The van der Waals surface area contributed by atoms with Crippen LogP contribution in [-0.2, 0) is 11.2 Å². The normalized spacial score (nSPS) is 11.9. The average Bonchev–Trinajstić information content (AvgIpc) is 2.43. The van der Waals surface area contributed by atoms with Crippen LogP contribution in [0.2, 0.25) is 0 Å². The van der Waals surface area contributed by atoms with E-state index in [0.29, 0.717) is 17.9 Å². The molecule has 4 heteroatoms. The fourth-order valence-corrected chi connectivity index (χ4v) is 1.71. The van der Waals surface area contributed by atoms with Gasteiger partial charge in [0.2, 0.25) is 0 Å². The predicted octanol–water partition coefficient (Wildman–Crippen LogP) is 2.52. The van der Waals surface area contributed by atoms with Crippen molar-refractivity contribution in [3.8, 4) is 11.5 Å². The number of ketones is 1. The van der Waals surface area contributed by atoms with Crippen LogP contribution in [0.3, 0.4) is 0 Å². The van der Waals surface area contributed by atoms with Gasteiger partial charge in [-0.05, 0) is 48.9 Å². The second-order valence-corrected chi connectivity index (χ2v) is 4.75. The number of carbonyl (C=O) groups is 1. The molecule has 20 heavy (non-hydrogen) atoms. The van der Waals surface area contributed by atoms with Crippen molar-refractivity contribution < 1.29 is 9.53 Å². The van der Waals surface area contributed by atoms with E-state index in [9.17, 15) is 4.79 Å². The molecule has 2 aromatic rings. The van der Waals surface area contributed by atoms with Crippen LogP contribution < -0.4 is 16.2 Å². The molecule has 0 fully saturated rings. The fraction of sp³-hybridized carbons (Fsp3) is 0.188. The Labute approximate surface area is 118 Å². The number of nitrogens with two attached hydrogens (primary N) is 2. The number of Topliss-reactive ketones (excluding diaryl/α,β-unsaturated/α-hetero) is 1. The number of ether oxygens (including phenoxy) is 1. The third kappa shape index (κ3) is 3.83. The smallest absolute Gasteiger partial charge is 0.153 e. The number of carbonyl (C=O) groups excluding carboxylic acids is 1. The standard InChI is InChI=1S/C16H18N2O2/c1-11(17)16(19)10-12-2-6-14(7-3-12)20-15-8-4-13(18)5-9-15/h2-9,11H,10,17-18H2,1H3.